The van der Waals surface area contributed by atoms with E-state index in [2.05, 4.69) is 46.0 Å². The minimum Gasteiger partial charge on any atom is -0.497 e. The van der Waals surface area contributed by atoms with Crippen LogP contribution in [0.4, 0.5) is 5.13 Å². The van der Waals surface area contributed by atoms with Gasteiger partial charge in [-0.2, -0.15) is 0 Å². The number of carbonyl (C=O) groups excluding carboxylic acids is 1. The fourth-order valence-corrected chi connectivity index (χ4v) is 5.88. The number of pyridine rings is 1. The van der Waals surface area contributed by atoms with Gasteiger partial charge in [0, 0.05) is 23.7 Å². The summed E-state index contributed by atoms with van der Waals surface area (Å²) in [5.41, 5.74) is 4.83. The van der Waals surface area contributed by atoms with Crippen LogP contribution in [-0.2, 0) is 11.2 Å². The van der Waals surface area contributed by atoms with Gasteiger partial charge in [-0.1, -0.05) is 74.5 Å². The van der Waals surface area contributed by atoms with Crippen molar-refractivity contribution in [3.05, 3.63) is 125 Å². The number of hydrogen-bond acceptors (Lipinski definition) is 5. The second-order valence-electron chi connectivity index (χ2n) is 10.4. The average molecular weight is 536 g/mol. The molecule has 198 valence electrons. The van der Waals surface area contributed by atoms with Gasteiger partial charge in [-0.15, -0.1) is 11.3 Å². The van der Waals surface area contributed by atoms with Crippen LogP contribution in [0.15, 0.2) is 103 Å². The fraction of sp³-hybridized carbons (Fsp3) is 0.242. The normalized spacial score (nSPS) is 15.9. The highest BCUT2D eigenvalue weighted by molar-refractivity contribution is 7.13. The SMILES string of the molecule is COc1ccc(C(c2ccccc2)C(C)(C)C(=O)Nc2nc(CC3C=CC(c4ccncc4)=CC3)cs2)cc1. The first kappa shape index (κ1) is 26.6. The van der Waals surface area contributed by atoms with E-state index in [-0.39, 0.29) is 11.8 Å². The quantitative estimate of drug-likeness (QED) is 0.240. The van der Waals surface area contributed by atoms with Crippen LogP contribution in [0.5, 0.6) is 5.75 Å². The van der Waals surface area contributed by atoms with E-state index < -0.39 is 5.41 Å². The summed E-state index contributed by atoms with van der Waals surface area (Å²) in [6, 6.07) is 22.2. The fourth-order valence-electron chi connectivity index (χ4n) is 5.16. The molecule has 0 fully saturated rings. The average Bonchev–Trinajstić information content (AvgIpc) is 3.41. The number of hydrogen-bond donors (Lipinski definition) is 1. The zero-order valence-electron chi connectivity index (χ0n) is 22.5. The minimum absolute atomic E-state index is 0.0597. The van der Waals surface area contributed by atoms with E-state index in [1.165, 1.54) is 22.5 Å². The maximum absolute atomic E-state index is 13.7. The molecular formula is C33H33N3O2S. The first-order chi connectivity index (χ1) is 18.9. The Morgan fingerprint density at radius 2 is 1.77 bits per heavy atom. The number of nitrogens with one attached hydrogen (secondary N) is 1. The lowest BCUT2D eigenvalue weighted by Crippen LogP contribution is -2.37. The lowest BCUT2D eigenvalue weighted by Gasteiger charge is -2.33. The molecule has 0 bridgehead atoms. The minimum atomic E-state index is -0.734. The summed E-state index contributed by atoms with van der Waals surface area (Å²) in [5.74, 6) is 0.976. The molecule has 0 spiro atoms. The van der Waals surface area contributed by atoms with Crippen LogP contribution < -0.4 is 10.1 Å². The first-order valence-electron chi connectivity index (χ1n) is 13.2. The summed E-state index contributed by atoms with van der Waals surface area (Å²) in [6.45, 7) is 4.00. The van der Waals surface area contributed by atoms with Crippen molar-refractivity contribution in [3.63, 3.8) is 0 Å². The molecule has 2 unspecified atom stereocenters. The Bertz CT molecular complexity index is 1460. The third kappa shape index (κ3) is 6.18. The summed E-state index contributed by atoms with van der Waals surface area (Å²) >= 11 is 1.48. The van der Waals surface area contributed by atoms with E-state index in [0.29, 0.717) is 11.0 Å². The van der Waals surface area contributed by atoms with Gasteiger partial charge in [0.1, 0.15) is 5.75 Å². The van der Waals surface area contributed by atoms with Crippen LogP contribution in [0.1, 0.15) is 48.6 Å². The van der Waals surface area contributed by atoms with Gasteiger partial charge in [-0.05, 0) is 65.3 Å². The highest BCUT2D eigenvalue weighted by Gasteiger charge is 2.39. The van der Waals surface area contributed by atoms with Crippen molar-refractivity contribution in [2.24, 2.45) is 11.3 Å². The molecule has 0 saturated carbocycles. The summed E-state index contributed by atoms with van der Waals surface area (Å²) in [5, 5.41) is 5.81. The molecule has 1 aliphatic rings. The van der Waals surface area contributed by atoms with E-state index in [4.69, 9.17) is 9.72 Å². The first-order valence-corrected chi connectivity index (χ1v) is 14.1. The summed E-state index contributed by atoms with van der Waals surface area (Å²) in [6.07, 6.45) is 12.2. The summed E-state index contributed by atoms with van der Waals surface area (Å²) in [7, 11) is 1.66. The number of nitrogens with zero attached hydrogens (tertiary/aromatic N) is 2. The number of aromatic nitrogens is 2. The van der Waals surface area contributed by atoms with Gasteiger partial charge in [0.2, 0.25) is 5.91 Å². The van der Waals surface area contributed by atoms with Crippen molar-refractivity contribution in [2.45, 2.75) is 32.6 Å². The zero-order valence-corrected chi connectivity index (χ0v) is 23.3. The van der Waals surface area contributed by atoms with E-state index >= 15 is 0 Å². The topological polar surface area (TPSA) is 64.1 Å². The Kier molecular flexibility index (Phi) is 8.03. The van der Waals surface area contributed by atoms with Gasteiger partial charge in [-0.25, -0.2) is 4.98 Å². The molecule has 2 aromatic heterocycles. The molecule has 5 rings (SSSR count). The van der Waals surface area contributed by atoms with Crippen molar-refractivity contribution in [1.82, 2.24) is 9.97 Å². The second kappa shape index (κ2) is 11.8. The molecule has 1 amide bonds. The van der Waals surface area contributed by atoms with Crippen molar-refractivity contribution in [1.29, 1.82) is 0 Å². The number of thiazole rings is 1. The van der Waals surface area contributed by atoms with E-state index in [1.807, 2.05) is 80.8 Å². The van der Waals surface area contributed by atoms with Crippen LogP contribution in [0.25, 0.3) is 5.57 Å². The third-order valence-electron chi connectivity index (χ3n) is 7.33. The predicted octanol–water partition coefficient (Wildman–Crippen LogP) is 7.55. The molecule has 2 atom stereocenters. The van der Waals surface area contributed by atoms with Crippen molar-refractivity contribution >= 4 is 27.9 Å². The number of rotatable bonds is 9. The maximum Gasteiger partial charge on any atom is 0.232 e. The molecule has 4 aromatic rings. The number of amides is 1. The molecule has 39 heavy (non-hydrogen) atoms. The number of anilines is 1. The molecule has 2 aromatic carbocycles. The molecule has 6 heteroatoms. The van der Waals surface area contributed by atoms with Gasteiger partial charge in [0.25, 0.3) is 0 Å². The summed E-state index contributed by atoms with van der Waals surface area (Å²) in [4.78, 5) is 22.6. The van der Waals surface area contributed by atoms with E-state index in [9.17, 15) is 4.79 Å². The van der Waals surface area contributed by atoms with Crippen LogP contribution >= 0.6 is 11.3 Å². The van der Waals surface area contributed by atoms with Crippen LogP contribution in [-0.4, -0.2) is 23.0 Å². The molecule has 5 nitrogen and oxygen atoms in total. The monoisotopic (exact) mass is 535 g/mol. The highest BCUT2D eigenvalue weighted by atomic mass is 32.1. The Balaban J connectivity index is 1.27. The lowest BCUT2D eigenvalue weighted by atomic mass is 9.70. The Hall–Kier alpha value is -4.03. The maximum atomic E-state index is 13.7. The largest absolute Gasteiger partial charge is 0.497 e. The molecule has 1 aliphatic carbocycles. The Morgan fingerprint density at radius 1 is 1.05 bits per heavy atom. The number of allylic oxidation sites excluding steroid dienone is 4. The van der Waals surface area contributed by atoms with Crippen LogP contribution in [0, 0.1) is 11.3 Å². The number of carbonyl (C=O) groups is 1. The van der Waals surface area contributed by atoms with Crippen molar-refractivity contribution in [2.75, 3.05) is 12.4 Å². The van der Waals surface area contributed by atoms with Gasteiger partial charge in [0.05, 0.1) is 18.2 Å². The smallest absolute Gasteiger partial charge is 0.232 e. The molecule has 2 heterocycles. The number of benzene rings is 2. The summed E-state index contributed by atoms with van der Waals surface area (Å²) < 4.78 is 5.35. The van der Waals surface area contributed by atoms with Gasteiger partial charge >= 0.3 is 0 Å². The molecule has 1 N–H and O–H groups in total. The second-order valence-corrected chi connectivity index (χ2v) is 11.2. The van der Waals surface area contributed by atoms with Gasteiger partial charge in [-0.3, -0.25) is 9.78 Å². The van der Waals surface area contributed by atoms with E-state index in [1.54, 1.807) is 7.11 Å². The Morgan fingerprint density at radius 3 is 2.44 bits per heavy atom. The zero-order chi connectivity index (χ0) is 27.2. The van der Waals surface area contributed by atoms with Gasteiger partial charge < -0.3 is 10.1 Å². The molecular weight excluding hydrogens is 502 g/mol. The number of methoxy groups -OCH3 is 1. The Labute approximate surface area is 234 Å². The van der Waals surface area contributed by atoms with Crippen LogP contribution in [0.2, 0.25) is 0 Å². The standard InChI is InChI=1S/C33H33N3O2S/c1-33(2,30(26-7-5-4-6-8-26)27-13-15-29(38-3)16-14-27)31(37)36-32-35-28(22-39-32)21-23-9-11-24(12-10-23)25-17-19-34-20-18-25/h4-9,11-20,22-23,30H,10,21H2,1-3H3,(H,35,36,37). The predicted molar refractivity (Wildman–Crippen MR) is 159 cm³/mol. The highest BCUT2D eigenvalue weighted by Crippen LogP contribution is 2.42. The number of ether oxygens (including phenoxy) is 1. The molecule has 0 radical (unpaired) electrons. The van der Waals surface area contributed by atoms with Gasteiger partial charge in [0.15, 0.2) is 5.13 Å². The van der Waals surface area contributed by atoms with Crippen molar-refractivity contribution < 1.29 is 9.53 Å². The molecule has 0 aliphatic heterocycles. The van der Waals surface area contributed by atoms with E-state index in [0.717, 1.165) is 35.4 Å². The lowest BCUT2D eigenvalue weighted by molar-refractivity contribution is -0.124. The van der Waals surface area contributed by atoms with Crippen molar-refractivity contribution in [3.8, 4) is 5.75 Å². The molecule has 0 saturated heterocycles. The van der Waals surface area contributed by atoms with Crippen LogP contribution in [0.3, 0.4) is 0 Å². The third-order valence-corrected chi connectivity index (χ3v) is 8.14.